The molecule has 0 unspecified atom stereocenters. The number of anilines is 1. The van der Waals surface area contributed by atoms with Crippen LogP contribution in [0, 0.1) is 5.41 Å². The summed E-state index contributed by atoms with van der Waals surface area (Å²) in [5, 5.41) is 9.06. The van der Waals surface area contributed by atoms with Gasteiger partial charge in [0, 0.05) is 26.7 Å². The lowest BCUT2D eigenvalue weighted by atomic mass is 10.3. The summed E-state index contributed by atoms with van der Waals surface area (Å²) in [5.41, 5.74) is 1.26. The summed E-state index contributed by atoms with van der Waals surface area (Å²) in [5.74, 6) is 0.985. The summed E-state index contributed by atoms with van der Waals surface area (Å²) in [6.07, 6.45) is 4.02. The van der Waals surface area contributed by atoms with E-state index >= 15 is 0 Å². The molecular weight excluding hydrogens is 254 g/mol. The van der Waals surface area contributed by atoms with Crippen molar-refractivity contribution in [2.24, 2.45) is 0 Å². The first kappa shape index (κ1) is 13.1. The van der Waals surface area contributed by atoms with Gasteiger partial charge in [-0.15, -0.1) is 0 Å². The van der Waals surface area contributed by atoms with E-state index in [0.29, 0.717) is 18.6 Å². The SMILES string of the molecule is COCCn1c(=N)ccc2c(N3CCCC3)ncnc21. The molecule has 1 saturated heterocycles. The maximum atomic E-state index is 8.04. The average molecular weight is 273 g/mol. The topological polar surface area (TPSA) is 67.0 Å². The summed E-state index contributed by atoms with van der Waals surface area (Å²) in [6.45, 7) is 3.29. The van der Waals surface area contributed by atoms with Gasteiger partial charge < -0.3 is 14.2 Å². The summed E-state index contributed by atoms with van der Waals surface area (Å²) in [6, 6.07) is 3.76. The van der Waals surface area contributed by atoms with Gasteiger partial charge in [0.2, 0.25) is 0 Å². The Hall–Kier alpha value is -1.95. The molecule has 3 heterocycles. The molecule has 3 rings (SSSR count). The molecule has 6 nitrogen and oxygen atoms in total. The van der Waals surface area contributed by atoms with Crippen LogP contribution in [0.4, 0.5) is 5.82 Å². The van der Waals surface area contributed by atoms with Crippen molar-refractivity contribution in [3.05, 3.63) is 23.9 Å². The molecule has 2 aromatic heterocycles. The lowest BCUT2D eigenvalue weighted by Gasteiger charge is -2.19. The van der Waals surface area contributed by atoms with Crippen molar-refractivity contribution in [3.8, 4) is 0 Å². The highest BCUT2D eigenvalue weighted by Crippen LogP contribution is 2.24. The first-order valence-electron chi connectivity index (χ1n) is 6.94. The van der Waals surface area contributed by atoms with Crippen molar-refractivity contribution in [1.29, 1.82) is 5.41 Å². The quantitative estimate of drug-likeness (QED) is 0.907. The molecule has 0 amide bonds. The maximum absolute atomic E-state index is 8.04. The molecule has 0 saturated carbocycles. The van der Waals surface area contributed by atoms with Crippen LogP contribution < -0.4 is 10.4 Å². The molecule has 0 radical (unpaired) electrons. The summed E-state index contributed by atoms with van der Waals surface area (Å²) < 4.78 is 7.00. The number of nitrogens with zero attached hydrogens (tertiary/aromatic N) is 4. The van der Waals surface area contributed by atoms with Crippen LogP contribution in [0.25, 0.3) is 11.0 Å². The predicted molar refractivity (Wildman–Crippen MR) is 76.7 cm³/mol. The van der Waals surface area contributed by atoms with Crippen LogP contribution in [-0.4, -0.2) is 41.3 Å². The van der Waals surface area contributed by atoms with Crippen molar-refractivity contribution >= 4 is 16.9 Å². The van der Waals surface area contributed by atoms with Gasteiger partial charge in [0.1, 0.15) is 23.3 Å². The zero-order valence-corrected chi connectivity index (χ0v) is 11.7. The molecule has 0 aliphatic carbocycles. The van der Waals surface area contributed by atoms with Crippen molar-refractivity contribution < 1.29 is 4.74 Å². The summed E-state index contributed by atoms with van der Waals surface area (Å²) in [4.78, 5) is 11.1. The Morgan fingerprint density at radius 2 is 2.05 bits per heavy atom. The Balaban J connectivity index is 2.12. The number of rotatable bonds is 4. The molecular formula is C14H19N5O. The zero-order valence-electron chi connectivity index (χ0n) is 11.7. The minimum absolute atomic E-state index is 0.445. The fourth-order valence-corrected chi connectivity index (χ4v) is 2.70. The number of hydrogen-bond acceptors (Lipinski definition) is 5. The van der Waals surface area contributed by atoms with Gasteiger partial charge in [-0.3, -0.25) is 5.41 Å². The van der Waals surface area contributed by atoms with E-state index in [9.17, 15) is 0 Å². The third-order valence-corrected chi connectivity index (χ3v) is 3.72. The van der Waals surface area contributed by atoms with Crippen LogP contribution in [0.2, 0.25) is 0 Å². The minimum Gasteiger partial charge on any atom is -0.383 e. The Morgan fingerprint density at radius 1 is 1.25 bits per heavy atom. The molecule has 106 valence electrons. The van der Waals surface area contributed by atoms with E-state index in [-0.39, 0.29) is 0 Å². The number of pyridine rings is 1. The van der Waals surface area contributed by atoms with Gasteiger partial charge in [0.15, 0.2) is 0 Å². The first-order chi connectivity index (χ1) is 9.81. The number of fused-ring (bicyclic) bond motifs is 1. The Labute approximate surface area is 117 Å². The monoisotopic (exact) mass is 273 g/mol. The fourth-order valence-electron chi connectivity index (χ4n) is 2.70. The van der Waals surface area contributed by atoms with Crippen LogP contribution in [-0.2, 0) is 11.3 Å². The summed E-state index contributed by atoms with van der Waals surface area (Å²) >= 11 is 0. The standard InChI is InChI=1S/C14H19N5O/c1-20-9-8-19-12(15)5-4-11-13(16-10-17-14(11)19)18-6-2-3-7-18/h4-5,10,15H,2-3,6-9H2,1H3. The molecule has 0 spiro atoms. The number of aromatic nitrogens is 3. The van der Waals surface area contributed by atoms with Crippen LogP contribution in [0.3, 0.4) is 0 Å². The second-order valence-electron chi connectivity index (χ2n) is 4.99. The molecule has 1 N–H and O–H groups in total. The van der Waals surface area contributed by atoms with Gasteiger partial charge >= 0.3 is 0 Å². The van der Waals surface area contributed by atoms with Crippen molar-refractivity contribution in [3.63, 3.8) is 0 Å². The minimum atomic E-state index is 0.445. The molecule has 1 fully saturated rings. The van der Waals surface area contributed by atoms with Gasteiger partial charge in [-0.25, -0.2) is 9.97 Å². The third-order valence-electron chi connectivity index (χ3n) is 3.72. The number of methoxy groups -OCH3 is 1. The lowest BCUT2D eigenvalue weighted by molar-refractivity contribution is 0.187. The summed E-state index contributed by atoms with van der Waals surface area (Å²) in [7, 11) is 1.67. The van der Waals surface area contributed by atoms with Gasteiger partial charge in [-0.05, 0) is 25.0 Å². The zero-order chi connectivity index (χ0) is 13.9. The predicted octanol–water partition coefficient (Wildman–Crippen LogP) is 1.16. The van der Waals surface area contributed by atoms with Crippen molar-refractivity contribution in [2.45, 2.75) is 19.4 Å². The largest absolute Gasteiger partial charge is 0.383 e. The smallest absolute Gasteiger partial charge is 0.147 e. The third kappa shape index (κ3) is 2.27. The molecule has 1 aliphatic heterocycles. The van der Waals surface area contributed by atoms with E-state index in [4.69, 9.17) is 10.1 Å². The van der Waals surface area contributed by atoms with Gasteiger partial charge in [-0.1, -0.05) is 0 Å². The molecule has 0 bridgehead atoms. The number of hydrogen-bond donors (Lipinski definition) is 1. The van der Waals surface area contributed by atoms with Crippen molar-refractivity contribution in [2.75, 3.05) is 31.7 Å². The second-order valence-corrected chi connectivity index (χ2v) is 4.99. The van der Waals surface area contributed by atoms with Crippen LogP contribution in [0.1, 0.15) is 12.8 Å². The Bertz CT molecular complexity index is 660. The van der Waals surface area contributed by atoms with Gasteiger partial charge in [0.05, 0.1) is 12.0 Å². The molecule has 1 aliphatic rings. The Morgan fingerprint density at radius 3 is 2.80 bits per heavy atom. The van der Waals surface area contributed by atoms with Crippen LogP contribution in [0.15, 0.2) is 18.5 Å². The van der Waals surface area contributed by atoms with E-state index in [0.717, 1.165) is 29.9 Å². The molecule has 20 heavy (non-hydrogen) atoms. The molecule has 0 atom stereocenters. The lowest BCUT2D eigenvalue weighted by Crippen LogP contribution is -2.24. The highest BCUT2D eigenvalue weighted by molar-refractivity contribution is 5.87. The normalized spacial score (nSPS) is 15.2. The Kier molecular flexibility index (Phi) is 3.64. The van der Waals surface area contributed by atoms with Crippen LogP contribution >= 0.6 is 0 Å². The van der Waals surface area contributed by atoms with E-state index in [1.165, 1.54) is 12.8 Å². The van der Waals surface area contributed by atoms with Crippen LogP contribution in [0.5, 0.6) is 0 Å². The highest BCUT2D eigenvalue weighted by Gasteiger charge is 2.17. The molecule has 0 aromatic carbocycles. The van der Waals surface area contributed by atoms with E-state index in [1.807, 2.05) is 10.6 Å². The van der Waals surface area contributed by atoms with E-state index in [1.54, 1.807) is 19.5 Å². The van der Waals surface area contributed by atoms with Gasteiger partial charge in [-0.2, -0.15) is 0 Å². The number of nitrogens with one attached hydrogen (secondary N) is 1. The molecule has 2 aromatic rings. The average Bonchev–Trinajstić information content (AvgIpc) is 2.99. The second kappa shape index (κ2) is 5.58. The van der Waals surface area contributed by atoms with Gasteiger partial charge in [0.25, 0.3) is 0 Å². The highest BCUT2D eigenvalue weighted by atomic mass is 16.5. The van der Waals surface area contributed by atoms with E-state index < -0.39 is 0 Å². The molecule has 6 heteroatoms. The van der Waals surface area contributed by atoms with Crippen molar-refractivity contribution in [1.82, 2.24) is 14.5 Å². The fraction of sp³-hybridized carbons (Fsp3) is 0.500. The number of ether oxygens (including phenoxy) is 1. The maximum Gasteiger partial charge on any atom is 0.147 e. The first-order valence-corrected chi connectivity index (χ1v) is 6.94. The van der Waals surface area contributed by atoms with E-state index in [2.05, 4.69) is 14.9 Å².